The van der Waals surface area contributed by atoms with E-state index in [0.717, 1.165) is 49.7 Å². The van der Waals surface area contributed by atoms with Gasteiger partial charge in [0.15, 0.2) is 5.82 Å². The van der Waals surface area contributed by atoms with Gasteiger partial charge in [-0.3, -0.25) is 0 Å². The predicted octanol–water partition coefficient (Wildman–Crippen LogP) is 11.2. The molecule has 10 rings (SSSR count). The number of nitrogens with zero attached hydrogens (tertiary/aromatic N) is 2. The quantitative estimate of drug-likeness (QED) is 0.198. The Morgan fingerprint density at radius 2 is 1.06 bits per heavy atom. The first-order chi connectivity index (χ1) is 23.8. The minimum Gasteiger partial charge on any atom is -0.455 e. The summed E-state index contributed by atoms with van der Waals surface area (Å²) < 4.78 is 6.90. The van der Waals surface area contributed by atoms with Crippen molar-refractivity contribution in [3.05, 3.63) is 192 Å². The van der Waals surface area contributed by atoms with E-state index >= 15 is 0 Å². The molecule has 0 atom stereocenters. The molecule has 0 N–H and O–H groups in total. The van der Waals surface area contributed by atoms with E-state index in [1.54, 1.807) is 0 Å². The van der Waals surface area contributed by atoms with Crippen molar-refractivity contribution in [2.75, 3.05) is 0 Å². The molecule has 3 heteroatoms. The fourth-order valence-corrected chi connectivity index (χ4v) is 7.92. The van der Waals surface area contributed by atoms with Crippen LogP contribution in [0.4, 0.5) is 0 Å². The molecule has 0 amide bonds. The van der Waals surface area contributed by atoms with Gasteiger partial charge >= 0.3 is 0 Å². The molecule has 3 nitrogen and oxygen atoms in total. The minimum atomic E-state index is -0.490. The first kappa shape index (κ1) is 26.9. The van der Waals surface area contributed by atoms with E-state index in [9.17, 15) is 0 Å². The summed E-state index contributed by atoms with van der Waals surface area (Å²) in [4.78, 5) is 10.3. The zero-order valence-electron chi connectivity index (χ0n) is 26.0. The topological polar surface area (TPSA) is 38.9 Å². The van der Waals surface area contributed by atoms with Crippen molar-refractivity contribution >= 4 is 32.8 Å². The lowest BCUT2D eigenvalue weighted by Gasteiger charge is -2.33. The Bertz CT molecular complexity index is 2620. The first-order valence-electron chi connectivity index (χ1n) is 16.3. The van der Waals surface area contributed by atoms with Gasteiger partial charge in [0.25, 0.3) is 0 Å². The van der Waals surface area contributed by atoms with Crippen LogP contribution in [0.3, 0.4) is 0 Å². The van der Waals surface area contributed by atoms with E-state index in [1.165, 1.54) is 33.4 Å². The van der Waals surface area contributed by atoms with Gasteiger partial charge in [-0.25, -0.2) is 9.97 Å². The number of furan rings is 1. The molecule has 0 saturated heterocycles. The molecule has 0 spiro atoms. The average molecular weight is 613 g/mol. The number of aromatic nitrogens is 2. The molecule has 1 aliphatic rings. The Morgan fingerprint density at radius 1 is 0.438 bits per heavy atom. The maximum atomic E-state index is 6.90. The van der Waals surface area contributed by atoms with E-state index in [1.807, 2.05) is 30.3 Å². The third-order valence-corrected chi connectivity index (χ3v) is 9.97. The van der Waals surface area contributed by atoms with Crippen LogP contribution in [-0.4, -0.2) is 9.97 Å². The highest BCUT2D eigenvalue weighted by Gasteiger charge is 2.46. The van der Waals surface area contributed by atoms with Crippen molar-refractivity contribution in [1.82, 2.24) is 9.97 Å². The summed E-state index contributed by atoms with van der Waals surface area (Å²) in [5.41, 5.74) is 12.4. The second-order valence-electron chi connectivity index (χ2n) is 12.5. The highest BCUT2D eigenvalue weighted by atomic mass is 16.3. The second kappa shape index (κ2) is 10.3. The van der Waals surface area contributed by atoms with Crippen LogP contribution >= 0.6 is 0 Å². The molecule has 9 aromatic rings. The maximum absolute atomic E-state index is 6.90. The van der Waals surface area contributed by atoms with Crippen LogP contribution in [0.5, 0.6) is 0 Å². The Labute approximate surface area is 277 Å². The van der Waals surface area contributed by atoms with E-state index in [2.05, 4.69) is 140 Å². The van der Waals surface area contributed by atoms with Gasteiger partial charge in [0.1, 0.15) is 11.2 Å². The predicted molar refractivity (Wildman–Crippen MR) is 195 cm³/mol. The molecule has 0 unspecified atom stereocenters. The highest BCUT2D eigenvalue weighted by Crippen LogP contribution is 2.57. The number of fused-ring (bicyclic) bond motifs is 7. The number of hydrogen-bond acceptors (Lipinski definition) is 3. The maximum Gasteiger partial charge on any atom is 0.164 e. The van der Waals surface area contributed by atoms with Crippen molar-refractivity contribution in [3.8, 4) is 33.8 Å². The standard InChI is InChI=1S/C45H28N2O/c1-4-15-29(16-5-1)42-34-22-11-13-26-40(34)46-44(47-42)35-24-14-23-33-37-27-36-32-21-10-12-25-38(32)45(30-17-6-2-7-18-30,31-19-8-3-9-20-31)39(36)28-41(37)48-43(33)35/h1-28H. The zero-order chi connectivity index (χ0) is 31.7. The molecule has 0 radical (unpaired) electrons. The third-order valence-electron chi connectivity index (χ3n) is 9.97. The number of benzene rings is 7. The molecule has 0 fully saturated rings. The molecule has 0 saturated carbocycles. The van der Waals surface area contributed by atoms with Crippen LogP contribution in [0.1, 0.15) is 22.3 Å². The van der Waals surface area contributed by atoms with Crippen LogP contribution in [0.2, 0.25) is 0 Å². The lowest BCUT2D eigenvalue weighted by Crippen LogP contribution is -2.28. The van der Waals surface area contributed by atoms with Crippen LogP contribution < -0.4 is 0 Å². The Balaban J connectivity index is 1.26. The first-order valence-corrected chi connectivity index (χ1v) is 16.3. The highest BCUT2D eigenvalue weighted by molar-refractivity contribution is 6.12. The summed E-state index contributed by atoms with van der Waals surface area (Å²) in [5.74, 6) is 0.651. The van der Waals surface area contributed by atoms with Crippen molar-refractivity contribution in [1.29, 1.82) is 0 Å². The van der Waals surface area contributed by atoms with Gasteiger partial charge in [-0.15, -0.1) is 0 Å². The normalized spacial score (nSPS) is 13.2. The van der Waals surface area contributed by atoms with Crippen molar-refractivity contribution in [2.24, 2.45) is 0 Å². The molecule has 1 aliphatic carbocycles. The summed E-state index contributed by atoms with van der Waals surface area (Å²) in [6.45, 7) is 0. The molecule has 2 heterocycles. The van der Waals surface area contributed by atoms with E-state index in [0.29, 0.717) is 5.82 Å². The summed E-state index contributed by atoms with van der Waals surface area (Å²) in [6, 6.07) is 60.1. The van der Waals surface area contributed by atoms with Crippen LogP contribution in [-0.2, 0) is 5.41 Å². The molecule has 48 heavy (non-hydrogen) atoms. The van der Waals surface area contributed by atoms with Gasteiger partial charge in [0.05, 0.1) is 22.2 Å². The van der Waals surface area contributed by atoms with E-state index in [-0.39, 0.29) is 0 Å². The Morgan fingerprint density at radius 3 is 1.83 bits per heavy atom. The Hall–Kier alpha value is -6.32. The molecule has 0 bridgehead atoms. The molecular formula is C45H28N2O. The summed E-state index contributed by atoms with van der Waals surface area (Å²) in [5, 5.41) is 3.16. The summed E-state index contributed by atoms with van der Waals surface area (Å²) in [6.07, 6.45) is 0. The monoisotopic (exact) mass is 612 g/mol. The van der Waals surface area contributed by atoms with Gasteiger partial charge in [-0.05, 0) is 57.6 Å². The SMILES string of the molecule is c1ccc(-c2nc(-c3cccc4c3oc3cc5c(cc34)-c3ccccc3C5(c3ccccc3)c3ccccc3)nc3ccccc23)cc1. The number of rotatable bonds is 4. The summed E-state index contributed by atoms with van der Waals surface area (Å²) in [7, 11) is 0. The van der Waals surface area contributed by atoms with Crippen LogP contribution in [0, 0.1) is 0 Å². The van der Waals surface area contributed by atoms with Crippen LogP contribution in [0.15, 0.2) is 174 Å². The molecular weight excluding hydrogens is 585 g/mol. The van der Waals surface area contributed by atoms with Gasteiger partial charge in [-0.2, -0.15) is 0 Å². The van der Waals surface area contributed by atoms with Gasteiger partial charge in [0, 0.05) is 21.7 Å². The van der Waals surface area contributed by atoms with Crippen molar-refractivity contribution in [2.45, 2.75) is 5.41 Å². The van der Waals surface area contributed by atoms with Gasteiger partial charge in [0.2, 0.25) is 0 Å². The molecule has 7 aromatic carbocycles. The minimum absolute atomic E-state index is 0.490. The zero-order valence-corrected chi connectivity index (χ0v) is 26.0. The Kier molecular flexibility index (Phi) is 5.79. The lowest BCUT2D eigenvalue weighted by molar-refractivity contribution is 0.666. The largest absolute Gasteiger partial charge is 0.455 e. The van der Waals surface area contributed by atoms with E-state index < -0.39 is 5.41 Å². The van der Waals surface area contributed by atoms with Crippen molar-refractivity contribution < 1.29 is 4.42 Å². The molecule has 0 aliphatic heterocycles. The average Bonchev–Trinajstić information content (AvgIpc) is 3.67. The van der Waals surface area contributed by atoms with Gasteiger partial charge in [-0.1, -0.05) is 146 Å². The summed E-state index contributed by atoms with van der Waals surface area (Å²) >= 11 is 0. The molecule has 2 aromatic heterocycles. The fourth-order valence-electron chi connectivity index (χ4n) is 7.92. The van der Waals surface area contributed by atoms with Crippen molar-refractivity contribution in [3.63, 3.8) is 0 Å². The number of para-hydroxylation sites is 2. The second-order valence-corrected chi connectivity index (χ2v) is 12.5. The smallest absolute Gasteiger partial charge is 0.164 e. The third kappa shape index (κ3) is 3.76. The molecule has 224 valence electrons. The fraction of sp³-hybridized carbons (Fsp3) is 0.0222. The van der Waals surface area contributed by atoms with E-state index in [4.69, 9.17) is 14.4 Å². The lowest BCUT2D eigenvalue weighted by atomic mass is 9.67. The van der Waals surface area contributed by atoms with Gasteiger partial charge < -0.3 is 4.42 Å². The van der Waals surface area contributed by atoms with Crippen LogP contribution in [0.25, 0.3) is 66.6 Å². The number of hydrogen-bond donors (Lipinski definition) is 0.